The fourth-order valence-corrected chi connectivity index (χ4v) is 3.32. The third-order valence-corrected chi connectivity index (χ3v) is 4.74. The summed E-state index contributed by atoms with van der Waals surface area (Å²) in [4.78, 5) is 0. The third-order valence-electron chi connectivity index (χ3n) is 4.74. The molecule has 0 fully saturated rings. The highest BCUT2D eigenvalue weighted by molar-refractivity contribution is 5.40. The van der Waals surface area contributed by atoms with Crippen LogP contribution in [0.1, 0.15) is 89.9 Å². The maximum absolute atomic E-state index is 3.72. The molecule has 0 spiro atoms. The summed E-state index contributed by atoms with van der Waals surface area (Å²) in [7, 11) is 0. The molecule has 2 aliphatic carbocycles. The van der Waals surface area contributed by atoms with Gasteiger partial charge in [0, 0.05) is 0 Å². The van der Waals surface area contributed by atoms with Crippen molar-refractivity contribution in [1.29, 1.82) is 0 Å². The van der Waals surface area contributed by atoms with Gasteiger partial charge in [0.05, 0.1) is 0 Å². The van der Waals surface area contributed by atoms with Crippen molar-refractivity contribution in [3.05, 3.63) is 47.6 Å². The largest absolute Gasteiger partial charge is 0.0845 e. The summed E-state index contributed by atoms with van der Waals surface area (Å²) < 4.78 is 0. The minimum Gasteiger partial charge on any atom is -0.0845 e. The Hall–Kier alpha value is -1.04. The van der Waals surface area contributed by atoms with E-state index in [2.05, 4.69) is 36.5 Å². The van der Waals surface area contributed by atoms with Gasteiger partial charge in [-0.2, -0.15) is 0 Å². The lowest BCUT2D eigenvalue weighted by molar-refractivity contribution is 0.596. The molecule has 0 atom stereocenters. The van der Waals surface area contributed by atoms with Crippen molar-refractivity contribution in [1.82, 2.24) is 0 Å². The zero-order chi connectivity index (χ0) is 15.3. The smallest absolute Gasteiger partial charge is 0.0193 e. The predicted molar refractivity (Wildman–Crippen MR) is 97.8 cm³/mol. The van der Waals surface area contributed by atoms with Crippen molar-refractivity contribution < 1.29 is 0 Å². The first-order valence-corrected chi connectivity index (χ1v) is 9.60. The van der Waals surface area contributed by atoms with Crippen LogP contribution in [-0.4, -0.2) is 0 Å². The molecule has 0 nitrogen and oxygen atoms in total. The Morgan fingerprint density at radius 2 is 1.36 bits per heavy atom. The van der Waals surface area contributed by atoms with Gasteiger partial charge < -0.3 is 0 Å². The zero-order valence-corrected chi connectivity index (χ0v) is 14.3. The Labute approximate surface area is 138 Å². The standard InChI is InChI=1S/C22H33/c1-2-5-9-13-17-21(18-14-10-6-3-1)22-19-15-11-7-4-8-12-16-20-22/h11,13,15,17,19H,1-10,12,14,16,20H2/b15-11+,17-13+,21-18?,22-19-. The number of allylic oxidation sites excluding steroid dienone is 8. The van der Waals surface area contributed by atoms with Crippen LogP contribution >= 0.6 is 0 Å². The highest BCUT2D eigenvalue weighted by Crippen LogP contribution is 2.23. The second-order valence-corrected chi connectivity index (χ2v) is 6.73. The van der Waals surface area contributed by atoms with Gasteiger partial charge in [-0.1, -0.05) is 68.9 Å². The van der Waals surface area contributed by atoms with Crippen LogP contribution in [0.3, 0.4) is 0 Å². The van der Waals surface area contributed by atoms with Crippen LogP contribution in [-0.2, 0) is 0 Å². The van der Waals surface area contributed by atoms with E-state index in [9.17, 15) is 0 Å². The monoisotopic (exact) mass is 297 g/mol. The van der Waals surface area contributed by atoms with Gasteiger partial charge in [0.2, 0.25) is 0 Å². The Morgan fingerprint density at radius 1 is 0.682 bits per heavy atom. The molecule has 0 N–H and O–H groups in total. The van der Waals surface area contributed by atoms with Crippen LogP contribution in [0.25, 0.3) is 0 Å². The van der Waals surface area contributed by atoms with Crippen molar-refractivity contribution in [3.8, 4) is 0 Å². The van der Waals surface area contributed by atoms with E-state index in [1.54, 1.807) is 0 Å². The molecule has 0 aliphatic heterocycles. The molecule has 0 aromatic carbocycles. The lowest BCUT2D eigenvalue weighted by atomic mass is 9.95. The molecule has 2 rings (SSSR count). The van der Waals surface area contributed by atoms with Crippen LogP contribution in [0.4, 0.5) is 0 Å². The molecule has 0 aromatic heterocycles. The highest BCUT2D eigenvalue weighted by atomic mass is 14.1. The van der Waals surface area contributed by atoms with Crippen molar-refractivity contribution in [2.45, 2.75) is 89.9 Å². The Bertz CT molecular complexity index is 406. The number of rotatable bonds is 1. The SMILES string of the molecule is [C]1=C(/C2=C\C=C\CCCCCC2)\C=C\CCCCCCCC/1. The minimum absolute atomic E-state index is 1.13. The van der Waals surface area contributed by atoms with Crippen LogP contribution in [0, 0.1) is 6.08 Å². The van der Waals surface area contributed by atoms with Gasteiger partial charge in [-0.15, -0.1) is 0 Å². The Morgan fingerprint density at radius 3 is 2.23 bits per heavy atom. The minimum atomic E-state index is 1.13. The maximum atomic E-state index is 3.72. The van der Waals surface area contributed by atoms with E-state index in [-0.39, 0.29) is 0 Å². The molecule has 22 heavy (non-hydrogen) atoms. The van der Waals surface area contributed by atoms with Crippen LogP contribution in [0.5, 0.6) is 0 Å². The summed E-state index contributed by atoms with van der Waals surface area (Å²) in [5.74, 6) is 0. The predicted octanol–water partition coefficient (Wildman–Crippen LogP) is 7.24. The second-order valence-electron chi connectivity index (χ2n) is 6.73. The van der Waals surface area contributed by atoms with Gasteiger partial charge in [-0.25, -0.2) is 0 Å². The maximum Gasteiger partial charge on any atom is -0.0193 e. The molecule has 0 aromatic rings. The quantitative estimate of drug-likeness (QED) is 0.478. The van der Waals surface area contributed by atoms with Crippen molar-refractivity contribution in [2.24, 2.45) is 0 Å². The lowest BCUT2D eigenvalue weighted by Crippen LogP contribution is -1.92. The van der Waals surface area contributed by atoms with Crippen LogP contribution in [0.15, 0.2) is 41.5 Å². The van der Waals surface area contributed by atoms with Gasteiger partial charge in [-0.05, 0) is 68.6 Å². The molecule has 1 radical (unpaired) electrons. The topological polar surface area (TPSA) is 0 Å². The Kier molecular flexibility index (Phi) is 9.07. The molecule has 121 valence electrons. The average Bonchev–Trinajstić information content (AvgIpc) is 2.53. The first-order valence-electron chi connectivity index (χ1n) is 9.60. The van der Waals surface area contributed by atoms with E-state index in [0.717, 1.165) is 6.42 Å². The van der Waals surface area contributed by atoms with Crippen molar-refractivity contribution in [2.75, 3.05) is 0 Å². The summed E-state index contributed by atoms with van der Waals surface area (Å²) in [6.45, 7) is 0. The van der Waals surface area contributed by atoms with E-state index in [1.165, 1.54) is 94.6 Å². The van der Waals surface area contributed by atoms with Crippen molar-refractivity contribution in [3.63, 3.8) is 0 Å². The fourth-order valence-electron chi connectivity index (χ4n) is 3.32. The first kappa shape index (κ1) is 17.3. The van der Waals surface area contributed by atoms with E-state index in [1.807, 2.05) is 0 Å². The Balaban J connectivity index is 2.07. The summed E-state index contributed by atoms with van der Waals surface area (Å²) >= 11 is 0. The van der Waals surface area contributed by atoms with Gasteiger partial charge in [0.15, 0.2) is 0 Å². The zero-order valence-electron chi connectivity index (χ0n) is 14.3. The molecule has 0 bridgehead atoms. The second kappa shape index (κ2) is 11.5. The molecule has 0 heterocycles. The number of hydrogen-bond donors (Lipinski definition) is 0. The van der Waals surface area contributed by atoms with Crippen molar-refractivity contribution >= 4 is 0 Å². The van der Waals surface area contributed by atoms with Crippen LogP contribution < -0.4 is 0 Å². The summed E-state index contributed by atoms with van der Waals surface area (Å²) in [5.41, 5.74) is 2.89. The highest BCUT2D eigenvalue weighted by Gasteiger charge is 2.04. The molecule has 0 unspecified atom stereocenters. The molecule has 0 amide bonds. The van der Waals surface area contributed by atoms with E-state index in [0.29, 0.717) is 0 Å². The van der Waals surface area contributed by atoms with E-state index in [4.69, 9.17) is 0 Å². The molecule has 0 heteroatoms. The number of hydrogen-bond acceptors (Lipinski definition) is 0. The fraction of sp³-hybridized carbons (Fsp3) is 0.636. The molecule has 2 aliphatic rings. The van der Waals surface area contributed by atoms with E-state index >= 15 is 0 Å². The van der Waals surface area contributed by atoms with Gasteiger partial charge in [0.25, 0.3) is 0 Å². The van der Waals surface area contributed by atoms with E-state index < -0.39 is 0 Å². The summed E-state index contributed by atoms with van der Waals surface area (Å²) in [6, 6.07) is 0. The average molecular weight is 298 g/mol. The third kappa shape index (κ3) is 7.29. The molecular weight excluding hydrogens is 264 g/mol. The van der Waals surface area contributed by atoms with Gasteiger partial charge in [-0.3, -0.25) is 0 Å². The summed E-state index contributed by atoms with van der Waals surface area (Å²) in [6.07, 6.45) is 33.9. The lowest BCUT2D eigenvalue weighted by Gasteiger charge is -2.11. The molecule has 0 saturated carbocycles. The van der Waals surface area contributed by atoms with Crippen LogP contribution in [0.2, 0.25) is 0 Å². The molecule has 0 saturated heterocycles. The first-order chi connectivity index (χ1) is 11.0. The normalized spacial score (nSPS) is 30.5. The van der Waals surface area contributed by atoms with Gasteiger partial charge in [0.1, 0.15) is 0 Å². The summed E-state index contributed by atoms with van der Waals surface area (Å²) in [5, 5.41) is 0. The van der Waals surface area contributed by atoms with Gasteiger partial charge >= 0.3 is 0 Å². The molecular formula is C22H33.